The number of nitrogens with zero attached hydrogens (tertiary/aromatic N) is 2. The number of fused-ring (bicyclic) bond motifs is 1. The monoisotopic (exact) mass is 441 g/mol. The highest BCUT2D eigenvalue weighted by Gasteiger charge is 2.17. The van der Waals surface area contributed by atoms with Crippen molar-refractivity contribution in [1.29, 1.82) is 5.41 Å². The lowest BCUT2D eigenvalue weighted by atomic mass is 10.1. The van der Waals surface area contributed by atoms with Crippen LogP contribution in [0.4, 0.5) is 0 Å². The first-order chi connectivity index (χ1) is 16.0. The van der Waals surface area contributed by atoms with Gasteiger partial charge >= 0.3 is 5.97 Å². The van der Waals surface area contributed by atoms with Crippen LogP contribution >= 0.6 is 0 Å². The quantitative estimate of drug-likeness (QED) is 0.443. The second-order valence-corrected chi connectivity index (χ2v) is 8.06. The maximum atomic E-state index is 13.5. The molecule has 0 spiro atoms. The fourth-order valence-electron chi connectivity index (χ4n) is 4.15. The van der Waals surface area contributed by atoms with E-state index in [9.17, 15) is 9.59 Å². The minimum atomic E-state index is -0.619. The van der Waals surface area contributed by atoms with Crippen molar-refractivity contribution in [3.63, 3.8) is 0 Å². The number of nitrogens with one attached hydrogen (secondary N) is 1. The van der Waals surface area contributed by atoms with E-state index in [2.05, 4.69) is 0 Å². The first-order valence-corrected chi connectivity index (χ1v) is 11.0. The van der Waals surface area contributed by atoms with Gasteiger partial charge in [-0.05, 0) is 43.0 Å². The Morgan fingerprint density at radius 3 is 1.97 bits per heavy atom. The fourth-order valence-corrected chi connectivity index (χ4v) is 4.15. The van der Waals surface area contributed by atoms with Crippen molar-refractivity contribution < 1.29 is 9.53 Å². The molecule has 0 aliphatic carbocycles. The lowest BCUT2D eigenvalue weighted by molar-refractivity contribution is 0.0597. The number of methoxy groups -OCH3 is 1. The summed E-state index contributed by atoms with van der Waals surface area (Å²) < 4.78 is 8.38. The summed E-state index contributed by atoms with van der Waals surface area (Å²) in [6.45, 7) is 2.91. The van der Waals surface area contributed by atoms with Crippen molar-refractivity contribution in [3.05, 3.63) is 111 Å². The average Bonchev–Trinajstić information content (AvgIpc) is 2.84. The number of ether oxygens (including phenoxy) is 1. The van der Waals surface area contributed by atoms with E-state index < -0.39 is 5.97 Å². The molecule has 6 heteroatoms. The zero-order chi connectivity index (χ0) is 23.4. The molecule has 0 saturated heterocycles. The molecule has 33 heavy (non-hydrogen) atoms. The van der Waals surface area contributed by atoms with Crippen LogP contribution in [0.3, 0.4) is 0 Å². The second-order valence-electron chi connectivity index (χ2n) is 8.06. The Balaban J connectivity index is 1.81. The predicted molar refractivity (Wildman–Crippen MR) is 128 cm³/mol. The van der Waals surface area contributed by atoms with Crippen molar-refractivity contribution in [2.75, 3.05) is 7.11 Å². The van der Waals surface area contributed by atoms with E-state index in [-0.39, 0.29) is 16.6 Å². The van der Waals surface area contributed by atoms with Gasteiger partial charge in [-0.2, -0.15) is 0 Å². The Morgan fingerprint density at radius 2 is 1.42 bits per heavy atom. The Kier molecular flexibility index (Phi) is 6.54. The van der Waals surface area contributed by atoms with E-state index in [1.54, 1.807) is 9.13 Å². The van der Waals surface area contributed by atoms with Crippen LogP contribution in [0.1, 0.15) is 27.2 Å². The molecular formula is C27H27N3O3. The number of pyridine rings is 2. The normalized spacial score (nSPS) is 11.0. The number of carbonyl (C=O) groups is 1. The summed E-state index contributed by atoms with van der Waals surface area (Å²) in [5, 5.41) is 9.08. The van der Waals surface area contributed by atoms with E-state index in [1.165, 1.54) is 13.2 Å². The highest BCUT2D eigenvalue weighted by atomic mass is 16.5. The first kappa shape index (κ1) is 22.3. The SMILES string of the molecule is COC(=O)c1cc2c(=O)n(CCc3ccccc3)c(C)cc2n(CCc2ccccc2)c1=N. The third-order valence-electron chi connectivity index (χ3n) is 5.97. The highest BCUT2D eigenvalue weighted by molar-refractivity contribution is 5.93. The van der Waals surface area contributed by atoms with Gasteiger partial charge in [0.1, 0.15) is 11.1 Å². The summed E-state index contributed by atoms with van der Waals surface area (Å²) in [5.41, 5.74) is 3.72. The van der Waals surface area contributed by atoms with Crippen LogP contribution in [-0.2, 0) is 30.7 Å². The molecule has 0 radical (unpaired) electrons. The molecule has 1 N–H and O–H groups in total. The summed E-state index contributed by atoms with van der Waals surface area (Å²) in [7, 11) is 1.29. The molecule has 0 aliphatic rings. The maximum absolute atomic E-state index is 13.5. The fraction of sp³-hybridized carbons (Fsp3) is 0.222. The molecule has 0 fully saturated rings. The predicted octanol–water partition coefficient (Wildman–Crippen LogP) is 3.86. The molecule has 0 aliphatic heterocycles. The molecule has 2 aromatic carbocycles. The molecular weight excluding hydrogens is 414 g/mol. The molecule has 168 valence electrons. The number of rotatable bonds is 7. The molecule has 4 aromatic rings. The summed E-state index contributed by atoms with van der Waals surface area (Å²) in [4.78, 5) is 25.9. The van der Waals surface area contributed by atoms with Crippen LogP contribution in [-0.4, -0.2) is 22.2 Å². The first-order valence-electron chi connectivity index (χ1n) is 11.0. The lowest BCUT2D eigenvalue weighted by Crippen LogP contribution is -2.32. The van der Waals surface area contributed by atoms with Crippen LogP contribution in [0.15, 0.2) is 77.6 Å². The van der Waals surface area contributed by atoms with Crippen molar-refractivity contribution in [2.24, 2.45) is 0 Å². The van der Waals surface area contributed by atoms with Gasteiger partial charge in [0.25, 0.3) is 5.56 Å². The highest BCUT2D eigenvalue weighted by Crippen LogP contribution is 2.15. The Hall–Kier alpha value is -3.93. The molecule has 6 nitrogen and oxygen atoms in total. The van der Waals surface area contributed by atoms with Crippen LogP contribution < -0.4 is 11.0 Å². The van der Waals surface area contributed by atoms with Crippen molar-refractivity contribution >= 4 is 16.9 Å². The van der Waals surface area contributed by atoms with Gasteiger partial charge in [-0.1, -0.05) is 60.7 Å². The van der Waals surface area contributed by atoms with Crippen molar-refractivity contribution in [2.45, 2.75) is 32.9 Å². The molecule has 0 atom stereocenters. The van der Waals surface area contributed by atoms with Gasteiger partial charge in [-0.25, -0.2) is 4.79 Å². The van der Waals surface area contributed by atoms with Gasteiger partial charge in [-0.3, -0.25) is 10.2 Å². The van der Waals surface area contributed by atoms with Crippen LogP contribution in [0.2, 0.25) is 0 Å². The molecule has 0 bridgehead atoms. The zero-order valence-corrected chi connectivity index (χ0v) is 18.9. The summed E-state index contributed by atoms with van der Waals surface area (Å²) in [6.07, 6.45) is 1.40. The number of carbonyl (C=O) groups excluding carboxylic acids is 1. The lowest BCUT2D eigenvalue weighted by Gasteiger charge is -2.17. The number of aryl methyl sites for hydroxylation is 4. The van der Waals surface area contributed by atoms with Crippen LogP contribution in [0.5, 0.6) is 0 Å². The van der Waals surface area contributed by atoms with Crippen molar-refractivity contribution in [3.8, 4) is 0 Å². The largest absolute Gasteiger partial charge is 0.465 e. The second kappa shape index (κ2) is 9.69. The number of hydrogen-bond donors (Lipinski definition) is 1. The third kappa shape index (κ3) is 4.65. The number of benzene rings is 2. The van der Waals surface area contributed by atoms with Crippen molar-refractivity contribution in [1.82, 2.24) is 9.13 Å². The smallest absolute Gasteiger partial charge is 0.341 e. The van der Waals surface area contributed by atoms with E-state index in [0.29, 0.717) is 30.4 Å². The van der Waals surface area contributed by atoms with Crippen LogP contribution in [0.25, 0.3) is 10.9 Å². The molecule has 4 rings (SSSR count). The molecule has 0 saturated carbocycles. The van der Waals surface area contributed by atoms with Gasteiger partial charge in [0.05, 0.1) is 18.0 Å². The third-order valence-corrected chi connectivity index (χ3v) is 5.97. The summed E-state index contributed by atoms with van der Waals surface area (Å²) in [5.74, 6) is -0.619. The topological polar surface area (TPSA) is 77.1 Å². The van der Waals surface area contributed by atoms with E-state index in [4.69, 9.17) is 10.1 Å². The van der Waals surface area contributed by atoms with Crippen LogP contribution in [0, 0.1) is 12.3 Å². The van der Waals surface area contributed by atoms with Gasteiger partial charge in [0.2, 0.25) is 0 Å². The average molecular weight is 442 g/mol. The van der Waals surface area contributed by atoms with Gasteiger partial charge < -0.3 is 13.9 Å². The standard InChI is InChI=1S/C27H27N3O3/c1-19-17-24-22(26(31)29(19)15-13-20-9-5-3-6-10-20)18-23(27(32)33-2)25(28)30(24)16-14-21-11-7-4-8-12-21/h3-12,17-18,28H,13-16H2,1-2H3. The van der Waals surface area contributed by atoms with E-state index in [0.717, 1.165) is 23.2 Å². The molecule has 2 aromatic heterocycles. The molecule has 2 heterocycles. The minimum absolute atomic E-state index is 0.0473. The number of aromatic nitrogens is 2. The summed E-state index contributed by atoms with van der Waals surface area (Å²) in [6, 6.07) is 23.4. The van der Waals surface area contributed by atoms with Gasteiger partial charge in [0, 0.05) is 18.8 Å². The minimum Gasteiger partial charge on any atom is -0.465 e. The summed E-state index contributed by atoms with van der Waals surface area (Å²) >= 11 is 0. The molecule has 0 unspecified atom stereocenters. The van der Waals surface area contributed by atoms with E-state index >= 15 is 0 Å². The number of esters is 1. The Bertz CT molecular complexity index is 1400. The Morgan fingerprint density at radius 1 is 0.879 bits per heavy atom. The van der Waals surface area contributed by atoms with E-state index in [1.807, 2.05) is 73.7 Å². The van der Waals surface area contributed by atoms with Gasteiger partial charge in [-0.15, -0.1) is 0 Å². The zero-order valence-electron chi connectivity index (χ0n) is 18.9. The number of hydrogen-bond acceptors (Lipinski definition) is 4. The maximum Gasteiger partial charge on any atom is 0.341 e. The van der Waals surface area contributed by atoms with Gasteiger partial charge in [0.15, 0.2) is 0 Å². The molecule has 0 amide bonds. The Labute approximate surface area is 192 Å².